The largest absolute Gasteiger partial charge is 0.497 e. The van der Waals surface area contributed by atoms with Gasteiger partial charge < -0.3 is 38.9 Å². The molecule has 15 heteroatoms. The number of aromatic nitrogens is 3. The molecule has 0 radical (unpaired) electrons. The van der Waals surface area contributed by atoms with Crippen LogP contribution < -0.4 is 29.6 Å². The first kappa shape index (κ1) is 35.2. The zero-order valence-electron chi connectivity index (χ0n) is 27.9. The van der Waals surface area contributed by atoms with Crippen molar-refractivity contribution >= 4 is 36.4 Å². The van der Waals surface area contributed by atoms with Gasteiger partial charge in [0.25, 0.3) is 0 Å². The maximum absolute atomic E-state index is 14.6. The smallest absolute Gasteiger partial charge is 0.493 e. The monoisotopic (exact) mass is 683 g/mol. The number of nitrogens with zero attached hydrogens (tertiary/aromatic N) is 3. The number of hydrogen-bond donors (Lipinski definition) is 2. The molecule has 1 aliphatic carbocycles. The molecule has 2 aromatic carbocycles. The van der Waals surface area contributed by atoms with Gasteiger partial charge in [0, 0.05) is 38.1 Å². The summed E-state index contributed by atoms with van der Waals surface area (Å²) in [5, 5.41) is 6.37. The van der Waals surface area contributed by atoms with E-state index >= 15 is 0 Å². The lowest BCUT2D eigenvalue weighted by atomic mass is 9.72. The normalized spacial score (nSPS) is 18.9. The summed E-state index contributed by atoms with van der Waals surface area (Å²) in [5.41, 5.74) is 0.483. The summed E-state index contributed by atoms with van der Waals surface area (Å²) in [6.07, 6.45) is 1.67. The molecule has 1 saturated heterocycles. The summed E-state index contributed by atoms with van der Waals surface area (Å²) in [5.74, 6) is 1.85. The van der Waals surface area contributed by atoms with Crippen molar-refractivity contribution in [1.29, 1.82) is 0 Å². The summed E-state index contributed by atoms with van der Waals surface area (Å²) >= 11 is 6.21. The van der Waals surface area contributed by atoms with Crippen LogP contribution >= 0.6 is 11.6 Å². The average Bonchev–Trinajstić information content (AvgIpc) is 3.30. The van der Waals surface area contributed by atoms with Gasteiger partial charge in [-0.05, 0) is 86.1 Å². The minimum absolute atomic E-state index is 0.0266. The molecule has 1 aliphatic heterocycles. The second-order valence-corrected chi connectivity index (χ2v) is 12.6. The van der Waals surface area contributed by atoms with Crippen molar-refractivity contribution in [2.24, 2.45) is 0 Å². The molecule has 48 heavy (non-hydrogen) atoms. The number of ketones is 1. The number of allylic oxidation sites excluding steroid dienone is 2. The molecular weight excluding hydrogens is 644 g/mol. The number of rotatable bonds is 14. The minimum atomic E-state index is -0.909. The Bertz CT molecular complexity index is 1660. The third-order valence-corrected chi connectivity index (χ3v) is 8.82. The molecule has 2 heterocycles. The van der Waals surface area contributed by atoms with Gasteiger partial charge in [-0.25, -0.2) is 4.39 Å². The molecule has 5 rings (SSSR count). The molecule has 0 amide bonds. The molecule has 1 atom stereocenters. The maximum atomic E-state index is 14.6. The summed E-state index contributed by atoms with van der Waals surface area (Å²) in [6, 6.07) is 11.1. The number of Topliss-reactive ketones (excluding diaryl/α,β-unsaturated/α-hetero) is 1. The first-order valence-corrected chi connectivity index (χ1v) is 16.0. The summed E-state index contributed by atoms with van der Waals surface area (Å²) in [4.78, 5) is 24.8. The van der Waals surface area contributed by atoms with Crippen LogP contribution in [-0.2, 0) is 27.2 Å². The van der Waals surface area contributed by atoms with Crippen LogP contribution in [0.3, 0.4) is 0 Å². The molecule has 2 N–H and O–H groups in total. The number of carbonyl (C=O) groups excluding carboxylic acids is 1. The topological polar surface area (TPSA) is 135 Å². The average molecular weight is 684 g/mol. The van der Waals surface area contributed by atoms with E-state index in [-0.39, 0.29) is 29.7 Å². The van der Waals surface area contributed by atoms with E-state index in [1.165, 1.54) is 0 Å². The highest BCUT2D eigenvalue weighted by Crippen LogP contribution is 2.43. The van der Waals surface area contributed by atoms with Gasteiger partial charge >= 0.3 is 7.12 Å². The van der Waals surface area contributed by atoms with E-state index < -0.39 is 29.9 Å². The Labute approximate surface area is 284 Å². The van der Waals surface area contributed by atoms with Crippen molar-refractivity contribution in [1.82, 2.24) is 15.0 Å². The molecule has 2 aliphatic rings. The lowest BCUT2D eigenvalue weighted by Crippen LogP contribution is -2.45. The molecule has 1 fully saturated rings. The van der Waals surface area contributed by atoms with Crippen molar-refractivity contribution in [3.8, 4) is 23.0 Å². The SMILES string of the molecule is COc1cc(CNc2nc(Cl)nc(NCc3cc(OC)cc(OCCC4(C)OB(C5=C(F)C(=O)CCC5)OC4(C)C)c3)n2)cc(OC)c1. The van der Waals surface area contributed by atoms with Crippen molar-refractivity contribution in [3.63, 3.8) is 0 Å². The number of carbonyl (C=O) groups is 1. The number of nitrogens with one attached hydrogen (secondary N) is 2. The highest BCUT2D eigenvalue weighted by Gasteiger charge is 2.55. The standard InChI is InChI=1S/C33H40BClFN5O7/c1-32(2)33(3,48-34(47-32)26-8-7-9-27(42)28(26)36)10-11-46-25-15-21(14-24(17-25)45-6)19-38-31-40-29(35)39-30(41-31)37-18-20-12-22(43-4)16-23(13-20)44-5/h12-17H,7-11,18-19H2,1-6H3,(H2,37,38,39,40,41). The Kier molecular flexibility index (Phi) is 11.0. The van der Waals surface area contributed by atoms with Gasteiger partial charge in [0.05, 0.1) is 39.1 Å². The predicted octanol–water partition coefficient (Wildman–Crippen LogP) is 6.13. The second-order valence-electron chi connectivity index (χ2n) is 12.2. The minimum Gasteiger partial charge on any atom is -0.497 e. The summed E-state index contributed by atoms with van der Waals surface area (Å²) < 4.78 is 49.4. The highest BCUT2D eigenvalue weighted by atomic mass is 35.5. The van der Waals surface area contributed by atoms with Crippen molar-refractivity contribution in [3.05, 3.63) is 64.1 Å². The summed E-state index contributed by atoms with van der Waals surface area (Å²) in [7, 11) is 3.85. The molecule has 256 valence electrons. The van der Waals surface area contributed by atoms with E-state index in [1.807, 2.05) is 45.0 Å². The van der Waals surface area contributed by atoms with E-state index in [2.05, 4.69) is 25.6 Å². The number of halogens is 2. The molecule has 1 unspecified atom stereocenters. The van der Waals surface area contributed by atoms with Gasteiger partial charge in [-0.3, -0.25) is 4.79 Å². The van der Waals surface area contributed by atoms with Crippen molar-refractivity contribution in [2.75, 3.05) is 38.6 Å². The highest BCUT2D eigenvalue weighted by molar-refractivity contribution is 6.55. The molecular formula is C33H40BClFN5O7. The van der Waals surface area contributed by atoms with Crippen LogP contribution in [0.15, 0.2) is 47.7 Å². The fourth-order valence-electron chi connectivity index (χ4n) is 5.49. The van der Waals surface area contributed by atoms with Gasteiger partial charge in [0.15, 0.2) is 11.6 Å². The van der Waals surface area contributed by atoms with E-state index in [0.717, 1.165) is 11.1 Å². The van der Waals surface area contributed by atoms with Crippen LogP contribution in [0.4, 0.5) is 16.3 Å². The quantitative estimate of drug-likeness (QED) is 0.189. The van der Waals surface area contributed by atoms with E-state index in [9.17, 15) is 9.18 Å². The fourth-order valence-corrected chi connectivity index (χ4v) is 5.65. The van der Waals surface area contributed by atoms with Gasteiger partial charge in [0.1, 0.15) is 23.0 Å². The lowest BCUT2D eigenvalue weighted by molar-refractivity contribution is -0.117. The van der Waals surface area contributed by atoms with Crippen molar-refractivity contribution in [2.45, 2.75) is 70.7 Å². The number of methoxy groups -OCH3 is 3. The van der Waals surface area contributed by atoms with Gasteiger partial charge in [-0.2, -0.15) is 15.0 Å². The zero-order chi connectivity index (χ0) is 34.5. The van der Waals surface area contributed by atoms with E-state index in [0.29, 0.717) is 61.3 Å². The molecule has 3 aromatic rings. The Hall–Kier alpha value is -4.14. The van der Waals surface area contributed by atoms with Gasteiger partial charge in [-0.15, -0.1) is 0 Å². The Morgan fingerprint density at radius 3 is 1.94 bits per heavy atom. The molecule has 12 nitrogen and oxygen atoms in total. The fraction of sp³-hybridized carbons (Fsp3) is 0.455. The lowest BCUT2D eigenvalue weighted by Gasteiger charge is -2.36. The molecule has 0 spiro atoms. The Balaban J connectivity index is 1.20. The first-order chi connectivity index (χ1) is 22.9. The van der Waals surface area contributed by atoms with Crippen LogP contribution in [-0.4, -0.2) is 67.0 Å². The molecule has 0 bridgehead atoms. The van der Waals surface area contributed by atoms with E-state index in [1.54, 1.807) is 33.5 Å². The number of anilines is 2. The van der Waals surface area contributed by atoms with E-state index in [4.69, 9.17) is 39.9 Å². The number of hydrogen-bond acceptors (Lipinski definition) is 12. The Morgan fingerprint density at radius 2 is 1.38 bits per heavy atom. The van der Waals surface area contributed by atoms with Crippen LogP contribution in [0.2, 0.25) is 5.28 Å². The van der Waals surface area contributed by atoms with Crippen LogP contribution in [0, 0.1) is 0 Å². The third-order valence-electron chi connectivity index (χ3n) is 8.65. The maximum Gasteiger partial charge on any atom is 0.493 e. The second kappa shape index (κ2) is 15.0. The van der Waals surface area contributed by atoms with Crippen LogP contribution in [0.5, 0.6) is 23.0 Å². The predicted molar refractivity (Wildman–Crippen MR) is 180 cm³/mol. The zero-order valence-corrected chi connectivity index (χ0v) is 28.7. The van der Waals surface area contributed by atoms with Crippen molar-refractivity contribution < 1.29 is 37.4 Å². The summed E-state index contributed by atoms with van der Waals surface area (Å²) in [6.45, 7) is 6.73. The van der Waals surface area contributed by atoms with Gasteiger partial charge in [-0.1, -0.05) is 0 Å². The molecule has 1 aromatic heterocycles. The number of ether oxygens (including phenoxy) is 4. The Morgan fingerprint density at radius 1 is 0.833 bits per heavy atom. The number of benzene rings is 2. The van der Waals surface area contributed by atoms with Crippen LogP contribution in [0.1, 0.15) is 57.6 Å². The van der Waals surface area contributed by atoms with Crippen LogP contribution in [0.25, 0.3) is 0 Å². The third kappa shape index (κ3) is 8.28. The molecule has 0 saturated carbocycles. The first-order valence-electron chi connectivity index (χ1n) is 15.6. The van der Waals surface area contributed by atoms with Gasteiger partial charge in [0.2, 0.25) is 17.2 Å².